The first-order valence-corrected chi connectivity index (χ1v) is 17.3. The van der Waals surface area contributed by atoms with Crippen LogP contribution in [0.2, 0.25) is 0 Å². The lowest BCUT2D eigenvalue weighted by Gasteiger charge is -2.44. The summed E-state index contributed by atoms with van der Waals surface area (Å²) in [6, 6.07) is 18.1. The zero-order valence-electron chi connectivity index (χ0n) is 28.9. The third kappa shape index (κ3) is 12.2. The van der Waals surface area contributed by atoms with E-state index in [0.29, 0.717) is 42.5 Å². The van der Waals surface area contributed by atoms with E-state index in [-0.39, 0.29) is 57.3 Å². The monoisotopic (exact) mass is 717 g/mol. The molecule has 3 aromatic rings. The van der Waals surface area contributed by atoms with E-state index in [1.807, 2.05) is 30.3 Å². The summed E-state index contributed by atoms with van der Waals surface area (Å²) in [5.74, 6) is -3.44. The number of benzene rings is 2. The maximum absolute atomic E-state index is 12.9. The van der Waals surface area contributed by atoms with Crippen molar-refractivity contribution < 1.29 is 39.3 Å². The largest absolute Gasteiger partial charge is 0.480 e. The van der Waals surface area contributed by atoms with Gasteiger partial charge in [0.05, 0.1) is 37.0 Å². The van der Waals surface area contributed by atoms with E-state index in [4.69, 9.17) is 5.73 Å². The zero-order chi connectivity index (χ0) is 37.5. The highest BCUT2D eigenvalue weighted by molar-refractivity contribution is 5.96. The predicted molar refractivity (Wildman–Crippen MR) is 191 cm³/mol. The Morgan fingerprint density at radius 3 is 2.04 bits per heavy atom. The molecule has 1 aliphatic rings. The summed E-state index contributed by atoms with van der Waals surface area (Å²) in [7, 11) is 0. The SMILES string of the molecule is N[C@H](CCc1ccccc1)C(=O)NNC(=O)c1ccc(CNC(=O)c2ccc(CN(CC(=O)O)[C@H]3CCCCC3N(CCO)CC(=O)O)nc2)cc1. The molecule has 0 spiro atoms. The Bertz CT molecular complexity index is 1640. The molecule has 0 bridgehead atoms. The Morgan fingerprint density at radius 1 is 0.788 bits per heavy atom. The minimum Gasteiger partial charge on any atom is -0.480 e. The number of hydrogen-bond acceptors (Lipinski definition) is 10. The van der Waals surface area contributed by atoms with E-state index in [9.17, 15) is 39.3 Å². The zero-order valence-corrected chi connectivity index (χ0v) is 28.9. The van der Waals surface area contributed by atoms with E-state index >= 15 is 0 Å². The van der Waals surface area contributed by atoms with Crippen LogP contribution in [0.15, 0.2) is 72.9 Å². The lowest BCUT2D eigenvalue weighted by molar-refractivity contribution is -0.142. The lowest BCUT2D eigenvalue weighted by atomic mass is 9.87. The van der Waals surface area contributed by atoms with Crippen molar-refractivity contribution in [3.63, 3.8) is 0 Å². The first-order valence-electron chi connectivity index (χ1n) is 17.3. The maximum Gasteiger partial charge on any atom is 0.317 e. The van der Waals surface area contributed by atoms with Gasteiger partial charge in [0, 0.05) is 43.5 Å². The first-order chi connectivity index (χ1) is 25.0. The molecule has 1 fully saturated rings. The normalized spacial score (nSPS) is 16.2. The number of aliphatic hydroxyl groups excluding tert-OH is 1. The Morgan fingerprint density at radius 2 is 1.42 bits per heavy atom. The predicted octanol–water partition coefficient (Wildman–Crippen LogP) is 1.31. The van der Waals surface area contributed by atoms with Gasteiger partial charge in [-0.05, 0) is 61.1 Å². The number of carboxylic acid groups (broad SMARTS) is 2. The number of rotatable bonds is 18. The third-order valence-electron chi connectivity index (χ3n) is 9.04. The average molecular weight is 718 g/mol. The number of carboxylic acids is 2. The smallest absolute Gasteiger partial charge is 0.317 e. The third-order valence-corrected chi connectivity index (χ3v) is 9.04. The molecule has 0 saturated heterocycles. The number of aromatic nitrogens is 1. The topological polar surface area (TPSA) is 228 Å². The molecule has 1 aromatic heterocycles. The number of aryl methyl sites for hydroxylation is 1. The molecule has 8 N–H and O–H groups in total. The quantitative estimate of drug-likeness (QED) is 0.0925. The van der Waals surface area contributed by atoms with Crippen molar-refractivity contribution >= 4 is 29.7 Å². The van der Waals surface area contributed by atoms with E-state index in [1.165, 1.54) is 6.20 Å². The van der Waals surface area contributed by atoms with Crippen LogP contribution >= 0.6 is 0 Å². The van der Waals surface area contributed by atoms with Crippen LogP contribution in [-0.4, -0.2) is 104 Å². The molecular formula is C37H47N7O8. The summed E-state index contributed by atoms with van der Waals surface area (Å²) in [6.07, 6.45) is 5.55. The molecule has 52 heavy (non-hydrogen) atoms. The van der Waals surface area contributed by atoms with Crippen molar-refractivity contribution in [2.75, 3.05) is 26.2 Å². The number of amides is 3. The maximum atomic E-state index is 12.9. The summed E-state index contributed by atoms with van der Waals surface area (Å²) in [4.78, 5) is 69.0. The summed E-state index contributed by atoms with van der Waals surface area (Å²) in [5, 5.41) is 31.5. The highest BCUT2D eigenvalue weighted by atomic mass is 16.4. The number of aliphatic hydroxyl groups is 1. The van der Waals surface area contributed by atoms with Crippen molar-refractivity contribution in [3.8, 4) is 0 Å². The second-order valence-electron chi connectivity index (χ2n) is 12.8. The van der Waals surface area contributed by atoms with E-state index < -0.39 is 29.8 Å². The van der Waals surface area contributed by atoms with E-state index in [2.05, 4.69) is 21.2 Å². The number of nitrogens with two attached hydrogens (primary N) is 1. The molecule has 1 saturated carbocycles. The number of pyridine rings is 1. The second kappa shape index (κ2) is 20.0. The highest BCUT2D eigenvalue weighted by Gasteiger charge is 2.35. The van der Waals surface area contributed by atoms with Crippen molar-refractivity contribution in [1.29, 1.82) is 0 Å². The van der Waals surface area contributed by atoms with Gasteiger partial charge < -0.3 is 26.4 Å². The lowest BCUT2D eigenvalue weighted by Crippen LogP contribution is -2.55. The van der Waals surface area contributed by atoms with Crippen LogP contribution in [0.1, 0.15) is 69.6 Å². The number of nitrogens with zero attached hydrogens (tertiary/aromatic N) is 3. The molecule has 4 rings (SSSR count). The first kappa shape index (κ1) is 39.6. The highest BCUT2D eigenvalue weighted by Crippen LogP contribution is 2.28. The molecule has 3 amide bonds. The number of nitrogens with one attached hydrogen (secondary N) is 3. The fourth-order valence-corrected chi connectivity index (χ4v) is 6.37. The number of carbonyl (C=O) groups is 5. The molecular weight excluding hydrogens is 670 g/mol. The molecule has 1 heterocycles. The van der Waals surface area contributed by atoms with E-state index in [0.717, 1.165) is 24.0 Å². The van der Waals surface area contributed by atoms with Crippen molar-refractivity contribution in [2.45, 2.75) is 69.7 Å². The Hall–Kier alpha value is -5.22. The molecule has 2 aromatic carbocycles. The summed E-state index contributed by atoms with van der Waals surface area (Å²) >= 11 is 0. The Kier molecular flexibility index (Phi) is 15.2. The van der Waals surface area contributed by atoms with Gasteiger partial charge in [-0.1, -0.05) is 55.3 Å². The molecule has 15 heteroatoms. The Balaban J connectivity index is 1.27. The fourth-order valence-electron chi connectivity index (χ4n) is 6.37. The standard InChI is InChI=1S/C37H47N7O8/c38-30(17-12-25-6-2-1-3-7-25)37(52)42-41-36(51)27-13-10-26(11-14-27)20-40-35(50)28-15-16-29(39-21-28)22-44(24-34(48)49)32-9-5-4-8-31(32)43(18-19-45)23-33(46)47/h1-3,6-7,10-11,13-16,21,30-32,45H,4-5,8-9,12,17-20,22-24,38H2,(H,40,50)(H,41,51)(H,42,52)(H,46,47)(H,48,49)/t30-,31?,32+/m1/s1. The van der Waals surface area contributed by atoms with Gasteiger partial charge in [0.1, 0.15) is 0 Å². The molecule has 278 valence electrons. The second-order valence-corrected chi connectivity index (χ2v) is 12.8. The fraction of sp³-hybridized carbons (Fsp3) is 0.405. The van der Waals surface area contributed by atoms with Crippen LogP contribution in [-0.2, 0) is 33.9 Å². The summed E-state index contributed by atoms with van der Waals surface area (Å²) < 4.78 is 0. The summed E-state index contributed by atoms with van der Waals surface area (Å²) in [5.41, 5.74) is 13.6. The average Bonchev–Trinajstić information content (AvgIpc) is 3.15. The van der Waals surface area contributed by atoms with Crippen molar-refractivity contribution in [3.05, 3.63) is 101 Å². The summed E-state index contributed by atoms with van der Waals surface area (Å²) in [6.45, 7) is -0.220. The van der Waals surface area contributed by atoms with Gasteiger partial charge in [-0.15, -0.1) is 0 Å². The molecule has 15 nitrogen and oxygen atoms in total. The van der Waals surface area contributed by atoms with Crippen LogP contribution in [0.3, 0.4) is 0 Å². The number of hydrogen-bond donors (Lipinski definition) is 7. The van der Waals surface area contributed by atoms with Crippen LogP contribution in [0.25, 0.3) is 0 Å². The van der Waals surface area contributed by atoms with Gasteiger partial charge in [0.15, 0.2) is 0 Å². The number of aliphatic carboxylic acids is 2. The molecule has 1 aliphatic carbocycles. The van der Waals surface area contributed by atoms with Gasteiger partial charge in [0.2, 0.25) is 0 Å². The minimum absolute atomic E-state index is 0.168. The van der Waals surface area contributed by atoms with Crippen LogP contribution in [0, 0.1) is 0 Å². The molecule has 1 unspecified atom stereocenters. The molecule has 0 radical (unpaired) electrons. The van der Waals surface area contributed by atoms with Gasteiger partial charge in [-0.2, -0.15) is 0 Å². The van der Waals surface area contributed by atoms with Crippen molar-refractivity contribution in [1.82, 2.24) is 31.0 Å². The van der Waals surface area contributed by atoms with Crippen LogP contribution < -0.4 is 21.9 Å². The van der Waals surface area contributed by atoms with Gasteiger partial charge >= 0.3 is 11.9 Å². The van der Waals surface area contributed by atoms with Crippen molar-refractivity contribution in [2.24, 2.45) is 5.73 Å². The van der Waals surface area contributed by atoms with Crippen LogP contribution in [0.5, 0.6) is 0 Å². The van der Waals surface area contributed by atoms with Crippen LogP contribution in [0.4, 0.5) is 0 Å². The van der Waals surface area contributed by atoms with E-state index in [1.54, 1.807) is 46.2 Å². The number of hydrazine groups is 1. The van der Waals surface area contributed by atoms with Gasteiger partial charge in [-0.25, -0.2) is 0 Å². The molecule has 0 aliphatic heterocycles. The Labute approximate surface area is 302 Å². The number of carbonyl (C=O) groups excluding carboxylic acids is 3. The molecule has 3 atom stereocenters. The minimum atomic E-state index is -1.03. The van der Waals surface area contributed by atoms with Gasteiger partial charge in [-0.3, -0.25) is 49.6 Å². The van der Waals surface area contributed by atoms with Gasteiger partial charge in [0.25, 0.3) is 17.7 Å².